The van der Waals surface area contributed by atoms with Crippen LogP contribution in [0.3, 0.4) is 0 Å². The minimum absolute atomic E-state index is 0.112. The number of nitrogens with one attached hydrogen (secondary N) is 1. The van der Waals surface area contributed by atoms with Crippen molar-refractivity contribution in [3.05, 3.63) is 52.5 Å². The van der Waals surface area contributed by atoms with Crippen molar-refractivity contribution in [3.8, 4) is 0 Å². The van der Waals surface area contributed by atoms with Crippen LogP contribution >= 0.6 is 39.0 Å². The first-order valence-electron chi connectivity index (χ1n) is 6.76. The van der Waals surface area contributed by atoms with Gasteiger partial charge in [0, 0.05) is 15.7 Å². The van der Waals surface area contributed by atoms with E-state index >= 15 is 0 Å². The third-order valence-electron chi connectivity index (χ3n) is 3.00. The molecule has 22 heavy (non-hydrogen) atoms. The zero-order valence-corrected chi connectivity index (χ0v) is 15.0. The Morgan fingerprint density at radius 2 is 2.05 bits per heavy atom. The van der Waals surface area contributed by atoms with E-state index in [-0.39, 0.29) is 5.91 Å². The second-order valence-corrected chi connectivity index (χ2v) is 8.01. The van der Waals surface area contributed by atoms with Gasteiger partial charge >= 0.3 is 0 Å². The lowest BCUT2D eigenvalue weighted by molar-refractivity contribution is 0.102. The molecule has 1 heterocycles. The molecule has 2 aromatic carbocycles. The highest BCUT2D eigenvalue weighted by Crippen LogP contribution is 2.31. The van der Waals surface area contributed by atoms with Gasteiger partial charge in [0.05, 0.1) is 10.2 Å². The quantitative estimate of drug-likeness (QED) is 0.602. The number of fused-ring (bicyclic) bond motifs is 1. The summed E-state index contributed by atoms with van der Waals surface area (Å²) in [5.41, 5.74) is 2.40. The summed E-state index contributed by atoms with van der Waals surface area (Å²) in [6.07, 6.45) is 0. The molecular formula is C16H13BrN2OS2. The summed E-state index contributed by atoms with van der Waals surface area (Å²) in [6.45, 7) is 2.11. The van der Waals surface area contributed by atoms with Gasteiger partial charge in [-0.1, -0.05) is 34.6 Å². The zero-order chi connectivity index (χ0) is 15.5. The molecule has 0 aliphatic heterocycles. The number of thioether (sulfide) groups is 1. The smallest absolute Gasteiger partial charge is 0.255 e. The molecule has 0 saturated heterocycles. The van der Waals surface area contributed by atoms with Gasteiger partial charge in [0.1, 0.15) is 0 Å². The Balaban J connectivity index is 1.81. The fourth-order valence-corrected chi connectivity index (χ4v) is 4.24. The maximum Gasteiger partial charge on any atom is 0.255 e. The third kappa shape index (κ3) is 3.51. The fraction of sp³-hybridized carbons (Fsp3) is 0.125. The molecule has 0 spiro atoms. The number of anilines is 1. The van der Waals surface area contributed by atoms with Gasteiger partial charge in [-0.25, -0.2) is 4.98 Å². The Morgan fingerprint density at radius 3 is 2.77 bits per heavy atom. The summed E-state index contributed by atoms with van der Waals surface area (Å²) < 4.78 is 3.11. The van der Waals surface area contributed by atoms with Crippen LogP contribution in [0.5, 0.6) is 0 Å². The van der Waals surface area contributed by atoms with Gasteiger partial charge in [0.25, 0.3) is 5.91 Å². The number of nitrogens with zero attached hydrogens (tertiary/aromatic N) is 1. The molecule has 0 saturated carbocycles. The molecule has 0 aliphatic carbocycles. The number of amides is 1. The van der Waals surface area contributed by atoms with E-state index in [1.54, 1.807) is 35.2 Å². The molecule has 0 bridgehead atoms. The van der Waals surface area contributed by atoms with E-state index in [1.807, 2.05) is 30.3 Å². The minimum atomic E-state index is -0.112. The fourth-order valence-electron chi connectivity index (χ4n) is 1.97. The van der Waals surface area contributed by atoms with Gasteiger partial charge in [0.15, 0.2) is 4.34 Å². The van der Waals surface area contributed by atoms with Crippen LogP contribution < -0.4 is 5.32 Å². The minimum Gasteiger partial charge on any atom is -0.322 e. The van der Waals surface area contributed by atoms with E-state index in [4.69, 9.17) is 0 Å². The Morgan fingerprint density at radius 1 is 1.27 bits per heavy atom. The summed E-state index contributed by atoms with van der Waals surface area (Å²) in [5.74, 6) is 0.895. The first-order valence-corrected chi connectivity index (χ1v) is 9.35. The highest BCUT2D eigenvalue weighted by Gasteiger charge is 2.08. The molecule has 3 nitrogen and oxygen atoms in total. The van der Waals surface area contributed by atoms with Crippen molar-refractivity contribution in [2.24, 2.45) is 0 Å². The van der Waals surface area contributed by atoms with E-state index in [9.17, 15) is 4.79 Å². The van der Waals surface area contributed by atoms with Gasteiger partial charge in [-0.2, -0.15) is 0 Å². The lowest BCUT2D eigenvalue weighted by Crippen LogP contribution is -2.11. The predicted octanol–water partition coefficient (Wildman–Crippen LogP) is 5.42. The van der Waals surface area contributed by atoms with Crippen LogP contribution in [-0.2, 0) is 0 Å². The largest absolute Gasteiger partial charge is 0.322 e. The van der Waals surface area contributed by atoms with E-state index in [0.29, 0.717) is 5.56 Å². The number of hydrogen-bond acceptors (Lipinski definition) is 4. The molecule has 0 atom stereocenters. The number of rotatable bonds is 4. The van der Waals surface area contributed by atoms with Crippen molar-refractivity contribution in [1.82, 2.24) is 4.98 Å². The first-order chi connectivity index (χ1) is 10.7. The van der Waals surface area contributed by atoms with Gasteiger partial charge in [-0.15, -0.1) is 11.3 Å². The van der Waals surface area contributed by atoms with Crippen molar-refractivity contribution in [3.63, 3.8) is 0 Å². The van der Waals surface area contributed by atoms with Crippen LogP contribution in [-0.4, -0.2) is 16.6 Å². The topological polar surface area (TPSA) is 42.0 Å². The number of hydrogen-bond donors (Lipinski definition) is 1. The number of carbonyl (C=O) groups excluding carboxylic acids is 1. The Bertz CT molecular complexity index is 815. The van der Waals surface area contributed by atoms with Gasteiger partial charge in [-0.05, 0) is 48.2 Å². The van der Waals surface area contributed by atoms with Crippen molar-refractivity contribution in [2.45, 2.75) is 11.3 Å². The van der Waals surface area contributed by atoms with E-state index in [2.05, 4.69) is 33.2 Å². The summed E-state index contributed by atoms with van der Waals surface area (Å²) >= 11 is 6.75. The molecule has 0 fully saturated rings. The monoisotopic (exact) mass is 392 g/mol. The zero-order valence-electron chi connectivity index (χ0n) is 11.8. The molecule has 1 aromatic heterocycles. The molecule has 3 aromatic rings. The second-order valence-electron chi connectivity index (χ2n) is 4.56. The number of aromatic nitrogens is 1. The van der Waals surface area contributed by atoms with Crippen LogP contribution in [0.2, 0.25) is 0 Å². The molecule has 1 N–H and O–H groups in total. The van der Waals surface area contributed by atoms with E-state index in [1.165, 1.54) is 0 Å². The molecule has 0 unspecified atom stereocenters. The number of thiazole rings is 1. The van der Waals surface area contributed by atoms with Crippen molar-refractivity contribution in [2.75, 3.05) is 11.1 Å². The number of benzene rings is 2. The van der Waals surface area contributed by atoms with Crippen LogP contribution in [0, 0.1) is 0 Å². The summed E-state index contributed by atoms with van der Waals surface area (Å²) in [5, 5.41) is 2.93. The predicted molar refractivity (Wildman–Crippen MR) is 98.1 cm³/mol. The van der Waals surface area contributed by atoms with Crippen LogP contribution in [0.25, 0.3) is 10.2 Å². The lowest BCUT2D eigenvalue weighted by Gasteiger charge is -2.05. The maximum atomic E-state index is 12.2. The summed E-state index contributed by atoms with van der Waals surface area (Å²) in [7, 11) is 0. The number of carbonyl (C=O) groups is 1. The highest BCUT2D eigenvalue weighted by atomic mass is 79.9. The van der Waals surface area contributed by atoms with Gasteiger partial charge < -0.3 is 5.32 Å². The first kappa shape index (κ1) is 15.5. The van der Waals surface area contributed by atoms with E-state index < -0.39 is 0 Å². The second kappa shape index (κ2) is 6.81. The third-order valence-corrected chi connectivity index (χ3v) is 5.57. The SMILES string of the molecule is CCSc1nc2ccc(NC(=O)c3ccc(Br)cc3)cc2s1. The average molecular weight is 393 g/mol. The van der Waals surface area contributed by atoms with Crippen molar-refractivity contribution < 1.29 is 4.79 Å². The average Bonchev–Trinajstić information content (AvgIpc) is 2.90. The van der Waals surface area contributed by atoms with Crippen LogP contribution in [0.4, 0.5) is 5.69 Å². The normalized spacial score (nSPS) is 10.8. The molecule has 1 amide bonds. The van der Waals surface area contributed by atoms with Crippen molar-refractivity contribution >= 4 is 60.8 Å². The summed E-state index contributed by atoms with van der Waals surface area (Å²) in [6, 6.07) is 13.1. The molecule has 3 rings (SSSR count). The maximum absolute atomic E-state index is 12.2. The van der Waals surface area contributed by atoms with Crippen LogP contribution in [0.1, 0.15) is 17.3 Å². The highest BCUT2D eigenvalue weighted by molar-refractivity contribution is 9.10. The Hall–Kier alpha value is -1.37. The lowest BCUT2D eigenvalue weighted by atomic mass is 10.2. The van der Waals surface area contributed by atoms with Crippen molar-refractivity contribution in [1.29, 1.82) is 0 Å². The van der Waals surface area contributed by atoms with Gasteiger partial charge in [0.2, 0.25) is 0 Å². The Kier molecular flexibility index (Phi) is 4.81. The van der Waals surface area contributed by atoms with E-state index in [0.717, 1.165) is 30.5 Å². The van der Waals surface area contributed by atoms with Gasteiger partial charge in [-0.3, -0.25) is 4.79 Å². The Labute approximate surface area is 145 Å². The molecule has 6 heteroatoms. The standard InChI is InChI=1S/C16H13BrN2OS2/c1-2-21-16-19-13-8-7-12(9-14(13)22-16)18-15(20)10-3-5-11(17)6-4-10/h3-9H,2H2,1H3,(H,18,20). The summed E-state index contributed by atoms with van der Waals surface area (Å²) in [4.78, 5) is 16.8. The van der Waals surface area contributed by atoms with Crippen LogP contribution in [0.15, 0.2) is 51.3 Å². The molecule has 112 valence electrons. The molecule has 0 radical (unpaired) electrons. The number of halogens is 1. The molecular weight excluding hydrogens is 380 g/mol. The molecule has 0 aliphatic rings.